The maximum absolute atomic E-state index is 12.0. The number of rotatable bonds is 7. The number of benzene rings is 2. The van der Waals surface area contributed by atoms with E-state index in [4.69, 9.17) is 14.2 Å². The fourth-order valence-corrected chi connectivity index (χ4v) is 3.14. The second kappa shape index (κ2) is 7.99. The normalized spacial score (nSPS) is 14.5. The zero-order chi connectivity index (χ0) is 19.4. The van der Waals surface area contributed by atoms with Gasteiger partial charge in [-0.3, -0.25) is 5.01 Å². The second-order valence-corrected chi connectivity index (χ2v) is 6.03. The Hall–Kier alpha value is -3.22. The van der Waals surface area contributed by atoms with E-state index in [1.54, 1.807) is 36.4 Å². The minimum absolute atomic E-state index is 0.202. The smallest absolute Gasteiger partial charge is 0.148 e. The number of ether oxygens (including phenoxy) is 3. The van der Waals surface area contributed by atoms with Gasteiger partial charge in [-0.25, -0.2) is 0 Å². The molecule has 0 bridgehead atoms. The Labute approximate surface area is 157 Å². The van der Waals surface area contributed by atoms with Gasteiger partial charge < -0.3 is 24.1 Å². The summed E-state index contributed by atoms with van der Waals surface area (Å²) in [7, 11) is 4.63. The lowest BCUT2D eigenvalue weighted by Crippen LogP contribution is -2.24. The van der Waals surface area contributed by atoms with Gasteiger partial charge in [-0.1, -0.05) is 0 Å². The quantitative estimate of drug-likeness (QED) is 0.755. The van der Waals surface area contributed by atoms with Crippen LogP contribution in [0.5, 0.6) is 23.0 Å². The number of hydrogen-bond acceptors (Lipinski definition) is 7. The maximum Gasteiger partial charge on any atom is 0.148 e. The Morgan fingerprint density at radius 1 is 1.07 bits per heavy atom. The number of carbonyl (C=O) groups excluding carboxylic acids is 1. The molecule has 1 N–H and O–H groups in total. The number of hydrogen-bond donors (Lipinski definition) is 1. The average molecular weight is 370 g/mol. The zero-order valence-electron chi connectivity index (χ0n) is 15.5. The molecule has 3 rings (SSSR count). The van der Waals surface area contributed by atoms with Gasteiger partial charge in [0.2, 0.25) is 0 Å². The van der Waals surface area contributed by atoms with E-state index in [9.17, 15) is 9.90 Å². The van der Waals surface area contributed by atoms with Crippen molar-refractivity contribution in [3.8, 4) is 23.0 Å². The summed E-state index contributed by atoms with van der Waals surface area (Å²) < 4.78 is 16.2. The minimum atomic E-state index is -0.657. The van der Waals surface area contributed by atoms with E-state index in [1.807, 2.05) is 12.1 Å². The van der Waals surface area contributed by atoms with E-state index < -0.39 is 6.04 Å². The van der Waals surface area contributed by atoms with E-state index in [0.29, 0.717) is 35.8 Å². The van der Waals surface area contributed by atoms with Crippen LogP contribution in [-0.2, 0) is 4.79 Å². The first-order valence-corrected chi connectivity index (χ1v) is 8.50. The molecule has 142 valence electrons. The molecule has 1 aliphatic rings. The molecular weight excluding hydrogens is 348 g/mol. The van der Waals surface area contributed by atoms with Crippen molar-refractivity contribution < 1.29 is 24.1 Å². The average Bonchev–Trinajstić information content (AvgIpc) is 3.18. The van der Waals surface area contributed by atoms with Crippen LogP contribution >= 0.6 is 0 Å². The standard InChI is InChI=1S/C20H22N2O5/c1-25-15-10-18(26-2)20(19(11-15)27-3)17(12-23)22-9-8-16(21-22)13-4-6-14(24)7-5-13/h4-7,10-12,17,24H,8-9H2,1-3H3. The highest BCUT2D eigenvalue weighted by molar-refractivity contribution is 6.01. The number of phenols is 1. The van der Waals surface area contributed by atoms with E-state index in [2.05, 4.69) is 5.10 Å². The van der Waals surface area contributed by atoms with Crippen LogP contribution in [-0.4, -0.2) is 50.0 Å². The lowest BCUT2D eigenvalue weighted by molar-refractivity contribution is -0.112. The van der Waals surface area contributed by atoms with Gasteiger partial charge in [0.1, 0.15) is 35.3 Å². The zero-order valence-corrected chi connectivity index (χ0v) is 15.5. The van der Waals surface area contributed by atoms with E-state index >= 15 is 0 Å². The molecule has 7 heteroatoms. The topological polar surface area (TPSA) is 80.6 Å². The Kier molecular flexibility index (Phi) is 5.49. The van der Waals surface area contributed by atoms with Crippen molar-refractivity contribution in [3.05, 3.63) is 47.5 Å². The van der Waals surface area contributed by atoms with Gasteiger partial charge in [-0.2, -0.15) is 5.10 Å². The minimum Gasteiger partial charge on any atom is -0.508 e. The molecule has 1 unspecified atom stereocenters. The highest BCUT2D eigenvalue weighted by atomic mass is 16.5. The third-order valence-corrected chi connectivity index (χ3v) is 4.53. The number of aromatic hydroxyl groups is 1. The SMILES string of the molecule is COc1cc(OC)c(C(C=O)N2CCC(c3ccc(O)cc3)=N2)c(OC)c1. The Morgan fingerprint density at radius 3 is 2.22 bits per heavy atom. The molecule has 0 radical (unpaired) electrons. The lowest BCUT2D eigenvalue weighted by Gasteiger charge is -2.25. The summed E-state index contributed by atoms with van der Waals surface area (Å²) in [5, 5.41) is 15.8. The van der Waals surface area contributed by atoms with Crippen molar-refractivity contribution in [1.29, 1.82) is 0 Å². The number of methoxy groups -OCH3 is 3. The van der Waals surface area contributed by atoms with Gasteiger partial charge in [0, 0.05) is 25.1 Å². The molecule has 1 heterocycles. The monoisotopic (exact) mass is 370 g/mol. The van der Waals surface area contributed by atoms with Gasteiger partial charge in [-0.15, -0.1) is 0 Å². The third kappa shape index (κ3) is 3.67. The summed E-state index contributed by atoms with van der Waals surface area (Å²) in [6.07, 6.45) is 1.52. The van der Waals surface area contributed by atoms with Crippen molar-refractivity contribution in [3.63, 3.8) is 0 Å². The van der Waals surface area contributed by atoms with Crippen LogP contribution in [0.1, 0.15) is 23.6 Å². The molecule has 1 aliphatic heterocycles. The van der Waals surface area contributed by atoms with E-state index in [1.165, 1.54) is 14.2 Å². The second-order valence-electron chi connectivity index (χ2n) is 6.03. The summed E-state index contributed by atoms with van der Waals surface area (Å²) >= 11 is 0. The molecule has 0 saturated heterocycles. The van der Waals surface area contributed by atoms with Gasteiger partial charge in [0.25, 0.3) is 0 Å². The van der Waals surface area contributed by atoms with Gasteiger partial charge in [0.15, 0.2) is 0 Å². The van der Waals surface area contributed by atoms with Crippen LogP contribution in [0.25, 0.3) is 0 Å². The molecule has 2 aromatic carbocycles. The first kappa shape index (κ1) is 18.6. The van der Waals surface area contributed by atoms with Crippen LogP contribution in [0, 0.1) is 0 Å². The van der Waals surface area contributed by atoms with Gasteiger partial charge in [0.05, 0.1) is 32.6 Å². The molecule has 0 aromatic heterocycles. The van der Waals surface area contributed by atoms with Crippen molar-refractivity contribution in [2.75, 3.05) is 27.9 Å². The molecular formula is C20H22N2O5. The number of carbonyl (C=O) groups is 1. The number of hydrazone groups is 1. The van der Waals surface area contributed by atoms with Crippen molar-refractivity contribution in [2.24, 2.45) is 5.10 Å². The summed E-state index contributed by atoms with van der Waals surface area (Å²) in [5.74, 6) is 1.77. The van der Waals surface area contributed by atoms with Crippen LogP contribution < -0.4 is 14.2 Å². The van der Waals surface area contributed by atoms with E-state index in [0.717, 1.165) is 17.6 Å². The third-order valence-electron chi connectivity index (χ3n) is 4.53. The molecule has 27 heavy (non-hydrogen) atoms. The molecule has 0 fully saturated rings. The first-order chi connectivity index (χ1) is 13.1. The van der Waals surface area contributed by atoms with E-state index in [-0.39, 0.29) is 5.75 Å². The summed E-state index contributed by atoms with van der Waals surface area (Å²) in [4.78, 5) is 12.0. The van der Waals surface area contributed by atoms with Crippen molar-refractivity contribution in [2.45, 2.75) is 12.5 Å². The summed E-state index contributed by atoms with van der Waals surface area (Å²) in [6.45, 7) is 0.581. The maximum atomic E-state index is 12.0. The largest absolute Gasteiger partial charge is 0.508 e. The number of aldehydes is 1. The van der Waals surface area contributed by atoms with Crippen LogP contribution in [0.4, 0.5) is 0 Å². The molecule has 0 amide bonds. The molecule has 1 atom stereocenters. The highest BCUT2D eigenvalue weighted by Crippen LogP contribution is 2.40. The molecule has 2 aromatic rings. The fraction of sp³-hybridized carbons (Fsp3) is 0.300. The predicted molar refractivity (Wildman–Crippen MR) is 101 cm³/mol. The predicted octanol–water partition coefficient (Wildman–Crippen LogP) is 2.77. The van der Waals surface area contributed by atoms with Crippen molar-refractivity contribution >= 4 is 12.0 Å². The lowest BCUT2D eigenvalue weighted by atomic mass is 10.0. The van der Waals surface area contributed by atoms with Crippen molar-refractivity contribution in [1.82, 2.24) is 5.01 Å². The highest BCUT2D eigenvalue weighted by Gasteiger charge is 2.30. The number of nitrogens with zero attached hydrogens (tertiary/aromatic N) is 2. The molecule has 0 aliphatic carbocycles. The van der Waals surface area contributed by atoms with Crippen LogP contribution in [0.2, 0.25) is 0 Å². The van der Waals surface area contributed by atoms with Gasteiger partial charge in [-0.05, 0) is 29.8 Å². The Bertz CT molecular complexity index is 823. The van der Waals surface area contributed by atoms with Crippen LogP contribution in [0.15, 0.2) is 41.5 Å². The van der Waals surface area contributed by atoms with Gasteiger partial charge >= 0.3 is 0 Å². The Balaban J connectivity index is 1.98. The number of phenolic OH excluding ortho intramolecular Hbond substituents is 1. The fourth-order valence-electron chi connectivity index (χ4n) is 3.14. The summed E-state index contributed by atoms with van der Waals surface area (Å²) in [5.41, 5.74) is 2.37. The molecule has 0 spiro atoms. The first-order valence-electron chi connectivity index (χ1n) is 8.50. The molecule has 7 nitrogen and oxygen atoms in total. The summed E-state index contributed by atoms with van der Waals surface area (Å²) in [6, 6.07) is 9.63. The Morgan fingerprint density at radius 2 is 1.70 bits per heavy atom. The van der Waals surface area contributed by atoms with Crippen LogP contribution in [0.3, 0.4) is 0 Å². The molecule has 0 saturated carbocycles.